The lowest BCUT2D eigenvalue weighted by atomic mass is 10.1. The summed E-state index contributed by atoms with van der Waals surface area (Å²) in [6.45, 7) is 1.71. The van der Waals surface area contributed by atoms with Gasteiger partial charge in [-0.05, 0) is 39.0 Å². The lowest BCUT2D eigenvalue weighted by Crippen LogP contribution is -2.43. The van der Waals surface area contributed by atoms with Gasteiger partial charge in [-0.15, -0.1) is 11.3 Å². The summed E-state index contributed by atoms with van der Waals surface area (Å²) in [6.07, 6.45) is 1.68. The monoisotopic (exact) mass is 290 g/mol. The molecule has 0 unspecified atom stereocenters. The van der Waals surface area contributed by atoms with E-state index in [1.165, 1.54) is 17.4 Å². The zero-order chi connectivity index (χ0) is 13.2. The second-order valence-electron chi connectivity index (χ2n) is 4.61. The summed E-state index contributed by atoms with van der Waals surface area (Å²) in [5, 5.41) is 10.5. The van der Waals surface area contributed by atoms with Gasteiger partial charge in [0.05, 0.1) is 11.5 Å². The molecule has 1 aromatic heterocycles. The van der Waals surface area contributed by atoms with E-state index >= 15 is 0 Å². The highest BCUT2D eigenvalue weighted by molar-refractivity contribution is 7.89. The van der Waals surface area contributed by atoms with Gasteiger partial charge in [-0.3, -0.25) is 0 Å². The topological polar surface area (TPSA) is 69.6 Å². The predicted octanol–water partition coefficient (Wildman–Crippen LogP) is 0.613. The fourth-order valence-electron chi connectivity index (χ4n) is 2.00. The van der Waals surface area contributed by atoms with Gasteiger partial charge >= 0.3 is 0 Å². The van der Waals surface area contributed by atoms with Gasteiger partial charge in [-0.25, -0.2) is 13.1 Å². The fraction of sp³-hybridized carbons (Fsp3) is 0.636. The molecule has 1 aliphatic heterocycles. The number of aliphatic hydroxyl groups excluding tert-OH is 1. The zero-order valence-electron chi connectivity index (χ0n) is 10.3. The van der Waals surface area contributed by atoms with Gasteiger partial charge in [0, 0.05) is 16.3 Å². The lowest BCUT2D eigenvalue weighted by Gasteiger charge is -2.29. The Morgan fingerprint density at radius 2 is 2.17 bits per heavy atom. The van der Waals surface area contributed by atoms with Gasteiger partial charge in [-0.2, -0.15) is 0 Å². The van der Waals surface area contributed by atoms with Crippen molar-refractivity contribution < 1.29 is 13.5 Å². The van der Waals surface area contributed by atoms with Crippen molar-refractivity contribution in [3.63, 3.8) is 0 Å². The van der Waals surface area contributed by atoms with Crippen LogP contribution in [0.1, 0.15) is 17.7 Å². The van der Waals surface area contributed by atoms with E-state index in [0.29, 0.717) is 4.88 Å². The highest BCUT2D eigenvalue weighted by atomic mass is 32.2. The molecular weight excluding hydrogens is 272 g/mol. The van der Waals surface area contributed by atoms with E-state index in [0.717, 1.165) is 25.9 Å². The van der Waals surface area contributed by atoms with Gasteiger partial charge in [0.1, 0.15) is 0 Å². The Kier molecular flexibility index (Phi) is 4.39. The van der Waals surface area contributed by atoms with Gasteiger partial charge in [0.2, 0.25) is 10.0 Å². The minimum Gasteiger partial charge on any atom is -0.391 e. The van der Waals surface area contributed by atoms with Crippen LogP contribution in [0, 0.1) is 0 Å². The van der Waals surface area contributed by atoms with Crippen LogP contribution in [0.25, 0.3) is 0 Å². The van der Waals surface area contributed by atoms with E-state index in [2.05, 4.69) is 9.62 Å². The Balaban J connectivity index is 2.03. The summed E-state index contributed by atoms with van der Waals surface area (Å²) in [4.78, 5) is 3.12. The van der Waals surface area contributed by atoms with E-state index < -0.39 is 10.0 Å². The molecule has 0 bridgehead atoms. The number of nitrogens with zero attached hydrogens (tertiary/aromatic N) is 1. The molecule has 1 aromatic rings. The van der Waals surface area contributed by atoms with Crippen LogP contribution in [0.2, 0.25) is 0 Å². The van der Waals surface area contributed by atoms with Gasteiger partial charge in [-0.1, -0.05) is 0 Å². The van der Waals surface area contributed by atoms with E-state index in [1.54, 1.807) is 5.38 Å². The number of rotatable bonds is 4. The first kappa shape index (κ1) is 14.0. The Hall–Kier alpha value is -0.470. The molecule has 1 aliphatic rings. The van der Waals surface area contributed by atoms with Crippen molar-refractivity contribution >= 4 is 21.4 Å². The van der Waals surface area contributed by atoms with Crippen LogP contribution in [0.4, 0.5) is 0 Å². The van der Waals surface area contributed by atoms with E-state index in [9.17, 15) is 8.42 Å². The minimum atomic E-state index is -3.44. The smallest absolute Gasteiger partial charge is 0.241 e. The molecule has 2 rings (SSSR count). The summed E-state index contributed by atoms with van der Waals surface area (Å²) in [5.41, 5.74) is 0. The predicted molar refractivity (Wildman–Crippen MR) is 71.1 cm³/mol. The maximum absolute atomic E-state index is 12.1. The molecule has 2 N–H and O–H groups in total. The highest BCUT2D eigenvalue weighted by Gasteiger charge is 2.24. The quantitative estimate of drug-likeness (QED) is 0.852. The molecule has 18 heavy (non-hydrogen) atoms. The van der Waals surface area contributed by atoms with Crippen LogP contribution < -0.4 is 4.72 Å². The molecule has 0 amide bonds. The molecule has 0 spiro atoms. The van der Waals surface area contributed by atoms with Gasteiger partial charge in [0.15, 0.2) is 0 Å². The van der Waals surface area contributed by atoms with Crippen molar-refractivity contribution in [1.82, 2.24) is 9.62 Å². The van der Waals surface area contributed by atoms with Crippen molar-refractivity contribution in [1.29, 1.82) is 0 Å². The van der Waals surface area contributed by atoms with E-state index in [-0.39, 0.29) is 17.5 Å². The Morgan fingerprint density at radius 3 is 2.72 bits per heavy atom. The van der Waals surface area contributed by atoms with Gasteiger partial charge < -0.3 is 10.0 Å². The Morgan fingerprint density at radius 1 is 1.50 bits per heavy atom. The second kappa shape index (κ2) is 5.66. The minimum absolute atomic E-state index is 0.0173. The molecule has 1 saturated heterocycles. The number of sulfonamides is 1. The standard InChI is InChI=1S/C11H18N2O3S2/c1-13-4-2-9(3-5-13)12-18(15,16)11-6-10(7-14)17-8-11/h6,8-9,12,14H,2-5,7H2,1H3. The molecule has 1 fully saturated rings. The molecule has 2 heterocycles. The third-order valence-electron chi connectivity index (χ3n) is 3.14. The zero-order valence-corrected chi connectivity index (χ0v) is 11.9. The van der Waals surface area contributed by atoms with E-state index in [1.807, 2.05) is 7.05 Å². The Bertz CT molecular complexity index is 490. The molecule has 0 radical (unpaired) electrons. The third-order valence-corrected chi connectivity index (χ3v) is 5.71. The number of nitrogens with one attached hydrogen (secondary N) is 1. The normalized spacial score (nSPS) is 19.2. The second-order valence-corrected chi connectivity index (χ2v) is 7.32. The summed E-state index contributed by atoms with van der Waals surface area (Å²) in [6, 6.07) is 1.55. The van der Waals surface area contributed by atoms with Crippen molar-refractivity contribution in [3.05, 3.63) is 16.3 Å². The molecule has 0 atom stereocenters. The summed E-state index contributed by atoms with van der Waals surface area (Å²) in [7, 11) is -1.40. The van der Waals surface area contributed by atoms with Crippen LogP contribution in [-0.4, -0.2) is 44.6 Å². The van der Waals surface area contributed by atoms with Gasteiger partial charge in [0.25, 0.3) is 0 Å². The van der Waals surface area contributed by atoms with Crippen LogP contribution >= 0.6 is 11.3 Å². The first-order chi connectivity index (χ1) is 8.51. The molecule has 0 aliphatic carbocycles. The molecular formula is C11H18N2O3S2. The van der Waals surface area contributed by atoms with Crippen molar-refractivity contribution in [2.24, 2.45) is 0 Å². The number of hydrogen-bond donors (Lipinski definition) is 2. The first-order valence-electron chi connectivity index (χ1n) is 5.90. The third kappa shape index (κ3) is 3.30. The number of hydrogen-bond acceptors (Lipinski definition) is 5. The molecule has 102 valence electrons. The maximum Gasteiger partial charge on any atom is 0.241 e. The number of piperidine rings is 1. The summed E-state index contributed by atoms with van der Waals surface area (Å²) < 4.78 is 27.0. The number of likely N-dealkylation sites (tertiary alicyclic amines) is 1. The van der Waals surface area contributed by atoms with E-state index in [4.69, 9.17) is 5.11 Å². The molecule has 5 nitrogen and oxygen atoms in total. The molecule has 0 saturated carbocycles. The number of thiophene rings is 1. The van der Waals surface area contributed by atoms with Crippen LogP contribution in [-0.2, 0) is 16.6 Å². The van der Waals surface area contributed by atoms with Crippen LogP contribution in [0.5, 0.6) is 0 Å². The average molecular weight is 290 g/mol. The Labute approximate surface area is 111 Å². The average Bonchev–Trinajstić information content (AvgIpc) is 2.81. The largest absolute Gasteiger partial charge is 0.391 e. The highest BCUT2D eigenvalue weighted by Crippen LogP contribution is 2.20. The number of aliphatic hydroxyl groups is 1. The fourth-order valence-corrected chi connectivity index (χ4v) is 4.44. The summed E-state index contributed by atoms with van der Waals surface area (Å²) in [5.74, 6) is 0. The van der Waals surface area contributed by atoms with Crippen molar-refractivity contribution in [2.45, 2.75) is 30.4 Å². The molecule has 7 heteroatoms. The SMILES string of the molecule is CN1CCC(NS(=O)(=O)c2csc(CO)c2)CC1. The maximum atomic E-state index is 12.1. The van der Waals surface area contributed by atoms with Crippen LogP contribution in [0.15, 0.2) is 16.3 Å². The van der Waals surface area contributed by atoms with Crippen LogP contribution in [0.3, 0.4) is 0 Å². The summed E-state index contributed by atoms with van der Waals surface area (Å²) >= 11 is 1.26. The van der Waals surface area contributed by atoms with Crippen molar-refractivity contribution in [3.8, 4) is 0 Å². The lowest BCUT2D eigenvalue weighted by molar-refractivity contribution is 0.248. The van der Waals surface area contributed by atoms with Crippen molar-refractivity contribution in [2.75, 3.05) is 20.1 Å². The molecule has 0 aromatic carbocycles. The first-order valence-corrected chi connectivity index (χ1v) is 8.26.